The van der Waals surface area contributed by atoms with Gasteiger partial charge < -0.3 is 24.1 Å². The quantitative estimate of drug-likeness (QED) is 0.239. The fraction of sp³-hybridized carbons (Fsp3) is 0.312. The molecule has 3 aromatic carbocycles. The minimum atomic E-state index is -0.891. The Bertz CT molecular complexity index is 1480. The first-order valence-electron chi connectivity index (χ1n) is 13.3. The highest BCUT2D eigenvalue weighted by Gasteiger charge is 2.47. The minimum Gasteiger partial charge on any atom is -0.507 e. The molecule has 0 saturated carbocycles. The monoisotopic (exact) mass is 543 g/mol. The summed E-state index contributed by atoms with van der Waals surface area (Å²) in [6.07, 6.45) is 0. The van der Waals surface area contributed by atoms with Crippen molar-refractivity contribution in [1.82, 2.24) is 0 Å². The number of carbonyl (C=O) groups is 2. The average molecular weight is 544 g/mol. The van der Waals surface area contributed by atoms with Crippen LogP contribution in [0.1, 0.15) is 50.4 Å². The van der Waals surface area contributed by atoms with Crippen molar-refractivity contribution in [3.05, 3.63) is 82.9 Å². The van der Waals surface area contributed by atoms with E-state index in [9.17, 15) is 14.7 Å². The van der Waals surface area contributed by atoms with Gasteiger partial charge in [0.25, 0.3) is 11.7 Å². The number of carbonyl (C=O) groups excluding carboxylic acids is 2. The molecule has 0 bridgehead atoms. The van der Waals surface area contributed by atoms with Crippen LogP contribution in [0.3, 0.4) is 0 Å². The number of benzene rings is 3. The second-order valence-electron chi connectivity index (χ2n) is 10.7. The number of methoxy groups -OCH3 is 1. The number of aliphatic hydroxyl groups is 1. The Morgan fingerprint density at radius 1 is 0.975 bits per heavy atom. The summed E-state index contributed by atoms with van der Waals surface area (Å²) in [5.41, 5.74) is 2.08. The second kappa shape index (κ2) is 10.6. The van der Waals surface area contributed by atoms with Crippen molar-refractivity contribution in [2.45, 2.75) is 39.2 Å². The standard InChI is InChI=1S/C32H33NO7/c1-6-38-24-13-9-20(17-23(24)32(2,3)4)29(34)27-28(19-7-11-22(37-5)12-8-19)33(31(36)30(27)35)21-10-14-25-26(18-21)40-16-15-39-25/h7-14,17-18,28,34H,6,15-16H2,1-5H3/b29-27+. The van der Waals surface area contributed by atoms with E-state index < -0.39 is 17.7 Å². The van der Waals surface area contributed by atoms with Gasteiger partial charge in [-0.05, 0) is 60.4 Å². The number of ketones is 1. The largest absolute Gasteiger partial charge is 0.507 e. The first-order chi connectivity index (χ1) is 19.1. The number of nitrogens with zero attached hydrogens (tertiary/aromatic N) is 1. The molecule has 2 aliphatic heterocycles. The highest BCUT2D eigenvalue weighted by atomic mass is 16.6. The van der Waals surface area contributed by atoms with Gasteiger partial charge in [0.2, 0.25) is 0 Å². The number of amides is 1. The third-order valence-corrected chi connectivity index (χ3v) is 7.04. The van der Waals surface area contributed by atoms with Crippen molar-refractivity contribution in [3.8, 4) is 23.0 Å². The molecule has 0 radical (unpaired) electrons. The molecular formula is C32H33NO7. The fourth-order valence-electron chi connectivity index (χ4n) is 5.08. The summed E-state index contributed by atoms with van der Waals surface area (Å²) in [6, 6.07) is 16.6. The van der Waals surface area contributed by atoms with Crippen LogP contribution in [0.25, 0.3) is 5.76 Å². The summed E-state index contributed by atoms with van der Waals surface area (Å²) >= 11 is 0. The van der Waals surface area contributed by atoms with Crippen LogP contribution in [0, 0.1) is 0 Å². The SMILES string of the molecule is CCOc1ccc(/C(O)=C2\C(=O)C(=O)N(c3ccc4c(c3)OCCO4)C2c2ccc(OC)cc2)cc1C(C)(C)C. The van der Waals surface area contributed by atoms with E-state index in [2.05, 4.69) is 0 Å². The number of hydrogen-bond acceptors (Lipinski definition) is 7. The maximum atomic E-state index is 13.6. The molecule has 1 fully saturated rings. The third kappa shape index (κ3) is 4.85. The van der Waals surface area contributed by atoms with E-state index in [0.717, 1.165) is 5.56 Å². The van der Waals surface area contributed by atoms with Gasteiger partial charge in [-0.15, -0.1) is 0 Å². The molecule has 0 aliphatic carbocycles. The van der Waals surface area contributed by atoms with E-state index in [-0.39, 0.29) is 16.7 Å². The Morgan fingerprint density at radius 3 is 2.33 bits per heavy atom. The van der Waals surface area contributed by atoms with Gasteiger partial charge in [0.05, 0.1) is 25.3 Å². The first-order valence-corrected chi connectivity index (χ1v) is 13.3. The van der Waals surface area contributed by atoms with Crippen molar-refractivity contribution in [1.29, 1.82) is 0 Å². The van der Waals surface area contributed by atoms with E-state index in [1.165, 1.54) is 4.90 Å². The number of anilines is 1. The van der Waals surface area contributed by atoms with Crippen molar-refractivity contribution in [2.24, 2.45) is 0 Å². The smallest absolute Gasteiger partial charge is 0.300 e. The molecule has 1 N–H and O–H groups in total. The molecule has 3 aromatic rings. The average Bonchev–Trinajstić information content (AvgIpc) is 3.22. The predicted octanol–water partition coefficient (Wildman–Crippen LogP) is 5.79. The van der Waals surface area contributed by atoms with Crippen molar-refractivity contribution in [2.75, 3.05) is 31.8 Å². The van der Waals surface area contributed by atoms with Gasteiger partial charge in [0, 0.05) is 22.9 Å². The Kier molecular flexibility index (Phi) is 7.19. The third-order valence-electron chi connectivity index (χ3n) is 7.04. The van der Waals surface area contributed by atoms with Gasteiger partial charge in [-0.2, -0.15) is 0 Å². The van der Waals surface area contributed by atoms with E-state index in [1.807, 2.05) is 33.8 Å². The fourth-order valence-corrected chi connectivity index (χ4v) is 5.08. The number of aliphatic hydroxyl groups excluding tert-OH is 1. The van der Waals surface area contributed by atoms with E-state index in [1.54, 1.807) is 61.7 Å². The molecule has 40 heavy (non-hydrogen) atoms. The first kappa shape index (κ1) is 27.1. The number of Topliss-reactive ketones (excluding diaryl/α,β-unsaturated/α-hetero) is 1. The summed E-state index contributed by atoms with van der Waals surface area (Å²) in [4.78, 5) is 28.6. The van der Waals surface area contributed by atoms with Gasteiger partial charge in [-0.25, -0.2) is 0 Å². The molecule has 8 nitrogen and oxygen atoms in total. The number of ether oxygens (including phenoxy) is 4. The van der Waals surface area contributed by atoms with E-state index in [4.69, 9.17) is 18.9 Å². The van der Waals surface area contributed by atoms with Crippen LogP contribution in [-0.4, -0.2) is 43.7 Å². The molecule has 2 aliphatic rings. The summed E-state index contributed by atoms with van der Waals surface area (Å²) < 4.78 is 22.5. The lowest BCUT2D eigenvalue weighted by molar-refractivity contribution is -0.132. The molecule has 8 heteroatoms. The molecule has 2 heterocycles. The van der Waals surface area contributed by atoms with Crippen LogP contribution in [0.15, 0.2) is 66.2 Å². The summed E-state index contributed by atoms with van der Waals surface area (Å²) in [5.74, 6) is 0.599. The van der Waals surface area contributed by atoms with Gasteiger partial charge in [0.1, 0.15) is 30.5 Å². The Hall–Kier alpha value is -4.46. The zero-order valence-corrected chi connectivity index (χ0v) is 23.3. The molecule has 1 amide bonds. The molecule has 208 valence electrons. The minimum absolute atomic E-state index is 0.00549. The van der Waals surface area contributed by atoms with Crippen LogP contribution in [0.4, 0.5) is 5.69 Å². The maximum absolute atomic E-state index is 13.6. The van der Waals surface area contributed by atoms with Crippen LogP contribution in [0.2, 0.25) is 0 Å². The Labute approximate surface area is 233 Å². The molecule has 5 rings (SSSR count). The van der Waals surface area contributed by atoms with Crippen molar-refractivity contribution in [3.63, 3.8) is 0 Å². The van der Waals surface area contributed by atoms with E-state index >= 15 is 0 Å². The highest BCUT2D eigenvalue weighted by Crippen LogP contribution is 2.45. The van der Waals surface area contributed by atoms with Gasteiger partial charge in [-0.1, -0.05) is 32.9 Å². The molecule has 0 aromatic heterocycles. The molecular weight excluding hydrogens is 510 g/mol. The lowest BCUT2D eigenvalue weighted by atomic mass is 9.84. The molecule has 1 atom stereocenters. The predicted molar refractivity (Wildman–Crippen MR) is 152 cm³/mol. The number of rotatable bonds is 6. The zero-order valence-electron chi connectivity index (χ0n) is 23.3. The van der Waals surface area contributed by atoms with Crippen LogP contribution in [-0.2, 0) is 15.0 Å². The Balaban J connectivity index is 1.69. The van der Waals surface area contributed by atoms with Crippen LogP contribution < -0.4 is 23.8 Å². The maximum Gasteiger partial charge on any atom is 0.300 e. The number of fused-ring (bicyclic) bond motifs is 1. The zero-order chi connectivity index (χ0) is 28.6. The van der Waals surface area contributed by atoms with Gasteiger partial charge >= 0.3 is 0 Å². The lowest BCUT2D eigenvalue weighted by Crippen LogP contribution is -2.29. The Morgan fingerprint density at radius 2 is 1.68 bits per heavy atom. The van der Waals surface area contributed by atoms with E-state index in [0.29, 0.717) is 59.6 Å². The summed E-state index contributed by atoms with van der Waals surface area (Å²) in [7, 11) is 1.56. The van der Waals surface area contributed by atoms with Gasteiger partial charge in [-0.3, -0.25) is 14.5 Å². The molecule has 0 spiro atoms. The second-order valence-corrected chi connectivity index (χ2v) is 10.7. The summed E-state index contributed by atoms with van der Waals surface area (Å²) in [5, 5.41) is 11.7. The number of hydrogen-bond donors (Lipinski definition) is 1. The van der Waals surface area contributed by atoms with Crippen LogP contribution >= 0.6 is 0 Å². The summed E-state index contributed by atoms with van der Waals surface area (Å²) in [6.45, 7) is 9.36. The molecule has 1 unspecified atom stereocenters. The lowest BCUT2D eigenvalue weighted by Gasteiger charge is -2.27. The van der Waals surface area contributed by atoms with Crippen molar-refractivity contribution >= 4 is 23.1 Å². The van der Waals surface area contributed by atoms with Crippen molar-refractivity contribution < 1.29 is 33.6 Å². The highest BCUT2D eigenvalue weighted by molar-refractivity contribution is 6.51. The van der Waals surface area contributed by atoms with Gasteiger partial charge in [0.15, 0.2) is 11.5 Å². The normalized spacial score (nSPS) is 18.1. The van der Waals surface area contributed by atoms with Crippen LogP contribution in [0.5, 0.6) is 23.0 Å². The topological polar surface area (TPSA) is 94.5 Å². The molecule has 1 saturated heterocycles.